The molecule has 2 aliphatic rings. The van der Waals surface area contributed by atoms with E-state index < -0.39 is 0 Å². The first kappa shape index (κ1) is 16.2. The van der Waals surface area contributed by atoms with Crippen molar-refractivity contribution in [1.82, 2.24) is 4.90 Å². The number of fused-ring (bicyclic) bond motifs is 1. The van der Waals surface area contributed by atoms with Gasteiger partial charge in [-0.1, -0.05) is 23.8 Å². The van der Waals surface area contributed by atoms with Crippen molar-refractivity contribution in [3.8, 4) is 0 Å². The van der Waals surface area contributed by atoms with Crippen LogP contribution in [0.4, 0.5) is 0 Å². The first-order valence-electron chi connectivity index (χ1n) is 8.38. The van der Waals surface area contributed by atoms with E-state index in [1.807, 2.05) is 36.1 Å². The summed E-state index contributed by atoms with van der Waals surface area (Å²) in [5.41, 5.74) is 1.93. The zero-order valence-corrected chi connectivity index (χ0v) is 13.7. The molecule has 2 fully saturated rings. The Labute approximate surface area is 138 Å². The Kier molecular flexibility index (Phi) is 5.13. The molecule has 23 heavy (non-hydrogen) atoms. The number of hydrogen-bond acceptors (Lipinski definition) is 3. The van der Waals surface area contributed by atoms with Crippen molar-refractivity contribution >= 4 is 5.91 Å². The van der Waals surface area contributed by atoms with Crippen molar-refractivity contribution in [2.24, 2.45) is 5.92 Å². The Bertz CT molecular complexity index is 554. The number of rotatable bonds is 5. The van der Waals surface area contributed by atoms with Gasteiger partial charge in [-0.2, -0.15) is 0 Å². The molecule has 3 atom stereocenters. The summed E-state index contributed by atoms with van der Waals surface area (Å²) in [5.74, 6) is 0.490. The van der Waals surface area contributed by atoms with Crippen LogP contribution < -0.4 is 0 Å². The third-order valence-corrected chi connectivity index (χ3v) is 4.85. The molecule has 0 aromatic heterocycles. The molecular formula is C19H25NO3. The minimum Gasteiger partial charge on any atom is -0.377 e. The van der Waals surface area contributed by atoms with Gasteiger partial charge in [-0.05, 0) is 31.9 Å². The molecule has 1 amide bonds. The second-order valence-corrected chi connectivity index (χ2v) is 6.43. The van der Waals surface area contributed by atoms with Gasteiger partial charge in [-0.15, -0.1) is 6.58 Å². The zero-order valence-electron chi connectivity index (χ0n) is 13.7. The Morgan fingerprint density at radius 2 is 2.17 bits per heavy atom. The van der Waals surface area contributed by atoms with Crippen LogP contribution in [0, 0.1) is 12.8 Å². The van der Waals surface area contributed by atoms with Crippen molar-refractivity contribution in [2.45, 2.75) is 31.9 Å². The van der Waals surface area contributed by atoms with Crippen LogP contribution >= 0.6 is 0 Å². The summed E-state index contributed by atoms with van der Waals surface area (Å²) < 4.78 is 11.6. The fourth-order valence-electron chi connectivity index (χ4n) is 3.66. The lowest BCUT2D eigenvalue weighted by Gasteiger charge is -2.39. The molecule has 0 radical (unpaired) electrons. The molecule has 1 aromatic carbocycles. The molecule has 0 bridgehead atoms. The van der Waals surface area contributed by atoms with E-state index in [-0.39, 0.29) is 18.1 Å². The number of amides is 1. The number of nitrogens with zero attached hydrogens (tertiary/aromatic N) is 1. The van der Waals surface area contributed by atoms with Gasteiger partial charge < -0.3 is 14.4 Å². The molecule has 1 aliphatic carbocycles. The molecule has 4 nitrogen and oxygen atoms in total. The minimum absolute atomic E-state index is 0.1000. The zero-order chi connectivity index (χ0) is 16.2. The Morgan fingerprint density at radius 1 is 1.39 bits per heavy atom. The molecule has 124 valence electrons. The first-order valence-corrected chi connectivity index (χ1v) is 8.38. The highest BCUT2D eigenvalue weighted by Gasteiger charge is 2.44. The molecule has 0 N–H and O–H groups in total. The second kappa shape index (κ2) is 7.28. The average molecular weight is 315 g/mol. The van der Waals surface area contributed by atoms with Gasteiger partial charge in [0.2, 0.25) is 0 Å². The smallest absolute Gasteiger partial charge is 0.254 e. The number of carbonyl (C=O) groups is 1. The maximum atomic E-state index is 12.8. The number of aryl methyl sites for hydroxylation is 1. The summed E-state index contributed by atoms with van der Waals surface area (Å²) in [4.78, 5) is 14.9. The van der Waals surface area contributed by atoms with Crippen LogP contribution in [0.25, 0.3) is 0 Å². The summed E-state index contributed by atoms with van der Waals surface area (Å²) in [5, 5.41) is 0. The molecule has 0 spiro atoms. The lowest BCUT2D eigenvalue weighted by Crippen LogP contribution is -2.53. The highest BCUT2D eigenvalue weighted by atomic mass is 16.5. The van der Waals surface area contributed by atoms with Crippen LogP contribution in [0.2, 0.25) is 0 Å². The fraction of sp³-hybridized carbons (Fsp3) is 0.526. The molecule has 1 saturated carbocycles. The third kappa shape index (κ3) is 3.48. The van der Waals surface area contributed by atoms with Crippen LogP contribution in [0.1, 0.15) is 28.8 Å². The van der Waals surface area contributed by atoms with Gasteiger partial charge >= 0.3 is 0 Å². The van der Waals surface area contributed by atoms with E-state index in [0.717, 1.165) is 18.4 Å². The van der Waals surface area contributed by atoms with Crippen LogP contribution in [0.5, 0.6) is 0 Å². The van der Waals surface area contributed by atoms with Gasteiger partial charge in [0.1, 0.15) is 0 Å². The monoisotopic (exact) mass is 315 g/mol. The first-order chi connectivity index (χ1) is 11.2. The standard InChI is InChI=1S/C19H25NO3/c1-3-11-22-13-16-8-9-17-18(16)23-12-10-20(17)19(21)15-6-4-14(2)5-7-15/h3-7,16-18H,1,8-13H2,2H3/t16?,17-,18-/m0/s1. The number of hydrogen-bond donors (Lipinski definition) is 0. The van der Waals surface area contributed by atoms with Gasteiger partial charge in [0.15, 0.2) is 0 Å². The highest BCUT2D eigenvalue weighted by molar-refractivity contribution is 5.94. The summed E-state index contributed by atoms with van der Waals surface area (Å²) in [6.07, 6.45) is 3.90. The quantitative estimate of drug-likeness (QED) is 0.619. The van der Waals surface area contributed by atoms with Crippen LogP contribution in [-0.4, -0.2) is 49.3 Å². The van der Waals surface area contributed by atoms with Crippen LogP contribution in [0.3, 0.4) is 0 Å². The van der Waals surface area contributed by atoms with E-state index in [9.17, 15) is 4.79 Å². The predicted molar refractivity (Wildman–Crippen MR) is 89.5 cm³/mol. The van der Waals surface area contributed by atoms with Crippen LogP contribution in [-0.2, 0) is 9.47 Å². The largest absolute Gasteiger partial charge is 0.377 e. The molecule has 1 unspecified atom stereocenters. The van der Waals surface area contributed by atoms with Gasteiger partial charge in [0.25, 0.3) is 5.91 Å². The number of morpholine rings is 1. The second-order valence-electron chi connectivity index (χ2n) is 6.43. The summed E-state index contributed by atoms with van der Waals surface area (Å²) in [6.45, 7) is 8.24. The van der Waals surface area contributed by atoms with E-state index in [2.05, 4.69) is 6.58 Å². The number of ether oxygens (including phenoxy) is 2. The Hall–Kier alpha value is -1.65. The van der Waals surface area contributed by atoms with E-state index in [0.29, 0.717) is 32.3 Å². The minimum atomic E-state index is 0.1000. The average Bonchev–Trinajstić information content (AvgIpc) is 2.98. The SMILES string of the molecule is C=CCOCC1CC[C@H]2[C@H]1OCCN2C(=O)c1ccc(C)cc1. The van der Waals surface area contributed by atoms with E-state index in [1.54, 1.807) is 6.08 Å². The number of benzene rings is 1. The molecular weight excluding hydrogens is 290 g/mol. The summed E-state index contributed by atoms with van der Waals surface area (Å²) >= 11 is 0. The molecule has 4 heteroatoms. The Morgan fingerprint density at radius 3 is 2.91 bits per heavy atom. The predicted octanol–water partition coefficient (Wildman–Crippen LogP) is 2.82. The normalized spacial score (nSPS) is 26.8. The lowest BCUT2D eigenvalue weighted by molar-refractivity contribution is -0.0738. The molecule has 1 heterocycles. The summed E-state index contributed by atoms with van der Waals surface area (Å²) in [6, 6.07) is 8.00. The topological polar surface area (TPSA) is 38.8 Å². The molecule has 3 rings (SSSR count). The van der Waals surface area contributed by atoms with Gasteiger partial charge in [-0.3, -0.25) is 4.79 Å². The Balaban J connectivity index is 1.68. The van der Waals surface area contributed by atoms with Gasteiger partial charge in [0.05, 0.1) is 32.0 Å². The lowest BCUT2D eigenvalue weighted by atomic mass is 10.0. The van der Waals surface area contributed by atoms with Crippen molar-refractivity contribution in [3.05, 3.63) is 48.0 Å². The molecule has 1 aromatic rings. The van der Waals surface area contributed by atoms with Crippen molar-refractivity contribution in [3.63, 3.8) is 0 Å². The van der Waals surface area contributed by atoms with Crippen molar-refractivity contribution in [1.29, 1.82) is 0 Å². The summed E-state index contributed by atoms with van der Waals surface area (Å²) in [7, 11) is 0. The van der Waals surface area contributed by atoms with Gasteiger partial charge in [-0.25, -0.2) is 0 Å². The van der Waals surface area contributed by atoms with E-state index >= 15 is 0 Å². The van der Waals surface area contributed by atoms with E-state index in [4.69, 9.17) is 9.47 Å². The van der Waals surface area contributed by atoms with Crippen molar-refractivity contribution < 1.29 is 14.3 Å². The van der Waals surface area contributed by atoms with Crippen LogP contribution in [0.15, 0.2) is 36.9 Å². The fourth-order valence-corrected chi connectivity index (χ4v) is 3.66. The molecule has 1 saturated heterocycles. The maximum Gasteiger partial charge on any atom is 0.254 e. The van der Waals surface area contributed by atoms with Gasteiger partial charge in [0, 0.05) is 18.0 Å². The van der Waals surface area contributed by atoms with Crippen molar-refractivity contribution in [2.75, 3.05) is 26.4 Å². The maximum absolute atomic E-state index is 12.8. The highest BCUT2D eigenvalue weighted by Crippen LogP contribution is 2.35. The number of carbonyl (C=O) groups excluding carboxylic acids is 1. The molecule has 1 aliphatic heterocycles. The van der Waals surface area contributed by atoms with E-state index in [1.165, 1.54) is 5.56 Å². The third-order valence-electron chi connectivity index (χ3n) is 4.85.